The van der Waals surface area contributed by atoms with E-state index in [1.807, 2.05) is 0 Å². The fraction of sp³-hybridized carbons (Fsp3) is 0.188. The molecule has 0 aromatic heterocycles. The van der Waals surface area contributed by atoms with Crippen molar-refractivity contribution in [3.8, 4) is 5.75 Å². The number of carbonyl (C=O) groups is 1. The maximum atomic E-state index is 14.0. The van der Waals surface area contributed by atoms with Crippen LogP contribution < -0.4 is 15.2 Å². The zero-order valence-electron chi connectivity index (χ0n) is 11.5. The number of nitrogens with one attached hydrogen (secondary N) is 1. The van der Waals surface area contributed by atoms with Crippen LogP contribution in [0.2, 0.25) is 10.0 Å². The number of anilines is 1. The SMILES string of the molecule is O=C([O-])C1Nc2cc(Cl)cc(Cl)c2C2c3cccc(F)c3OC12. The van der Waals surface area contributed by atoms with Crippen LogP contribution in [0, 0.1) is 5.82 Å². The molecule has 1 N–H and O–H groups in total. The summed E-state index contributed by atoms with van der Waals surface area (Å²) >= 11 is 12.3. The van der Waals surface area contributed by atoms with Gasteiger partial charge in [-0.25, -0.2) is 4.39 Å². The molecule has 0 radical (unpaired) electrons. The number of aliphatic carboxylic acids is 1. The summed E-state index contributed by atoms with van der Waals surface area (Å²) in [5, 5.41) is 15.1. The summed E-state index contributed by atoms with van der Waals surface area (Å²) in [4.78, 5) is 11.5. The average Bonchev–Trinajstić information content (AvgIpc) is 2.86. The maximum Gasteiger partial charge on any atom is 0.165 e. The quantitative estimate of drug-likeness (QED) is 0.856. The van der Waals surface area contributed by atoms with Gasteiger partial charge in [-0.2, -0.15) is 0 Å². The summed E-state index contributed by atoms with van der Waals surface area (Å²) in [5.74, 6) is -2.34. The molecule has 2 aromatic carbocycles. The monoisotopic (exact) mass is 352 g/mol. The Kier molecular flexibility index (Phi) is 3.18. The first kappa shape index (κ1) is 14.6. The number of hydrogen-bond donors (Lipinski definition) is 1. The molecule has 118 valence electrons. The molecule has 2 aliphatic heterocycles. The van der Waals surface area contributed by atoms with Gasteiger partial charge in [-0.05, 0) is 18.2 Å². The van der Waals surface area contributed by atoms with Gasteiger partial charge in [0.25, 0.3) is 0 Å². The van der Waals surface area contributed by atoms with Crippen molar-refractivity contribution in [1.82, 2.24) is 0 Å². The first-order valence-corrected chi connectivity index (χ1v) is 7.64. The molecule has 2 aromatic rings. The van der Waals surface area contributed by atoms with Crippen molar-refractivity contribution in [3.05, 3.63) is 57.3 Å². The van der Waals surface area contributed by atoms with Gasteiger partial charge >= 0.3 is 0 Å². The van der Waals surface area contributed by atoms with E-state index >= 15 is 0 Å². The molecule has 0 spiro atoms. The van der Waals surface area contributed by atoms with Crippen LogP contribution in [-0.4, -0.2) is 18.1 Å². The van der Waals surface area contributed by atoms with Crippen molar-refractivity contribution in [2.75, 3.05) is 5.32 Å². The molecule has 4 rings (SSSR count). The summed E-state index contributed by atoms with van der Waals surface area (Å²) in [6, 6.07) is 6.54. The van der Waals surface area contributed by atoms with Crippen LogP contribution in [0.4, 0.5) is 10.1 Å². The van der Waals surface area contributed by atoms with Gasteiger partial charge in [-0.3, -0.25) is 0 Å². The molecule has 2 heterocycles. The van der Waals surface area contributed by atoms with E-state index in [1.54, 1.807) is 24.3 Å². The Labute approximate surface area is 140 Å². The largest absolute Gasteiger partial charge is 0.548 e. The van der Waals surface area contributed by atoms with Crippen LogP contribution in [-0.2, 0) is 4.79 Å². The van der Waals surface area contributed by atoms with E-state index in [0.717, 1.165) is 0 Å². The number of carboxylic acids is 1. The predicted molar refractivity (Wildman–Crippen MR) is 81.5 cm³/mol. The lowest BCUT2D eigenvalue weighted by Crippen LogP contribution is -2.53. The highest BCUT2D eigenvalue weighted by Gasteiger charge is 2.47. The zero-order valence-corrected chi connectivity index (χ0v) is 13.0. The van der Waals surface area contributed by atoms with Gasteiger partial charge < -0.3 is 20.0 Å². The minimum atomic E-state index is -1.34. The number of halogens is 3. The number of hydrogen-bond acceptors (Lipinski definition) is 4. The zero-order chi connectivity index (χ0) is 16.3. The second kappa shape index (κ2) is 5.01. The number of ether oxygens (including phenoxy) is 1. The van der Waals surface area contributed by atoms with Gasteiger partial charge in [0.2, 0.25) is 0 Å². The Morgan fingerprint density at radius 3 is 2.83 bits per heavy atom. The van der Waals surface area contributed by atoms with Crippen molar-refractivity contribution < 1.29 is 19.0 Å². The smallest absolute Gasteiger partial charge is 0.165 e. The summed E-state index contributed by atoms with van der Waals surface area (Å²) in [6.45, 7) is 0. The highest BCUT2D eigenvalue weighted by Crippen LogP contribution is 2.51. The van der Waals surface area contributed by atoms with E-state index in [-0.39, 0.29) is 5.75 Å². The van der Waals surface area contributed by atoms with Crippen molar-refractivity contribution >= 4 is 34.9 Å². The van der Waals surface area contributed by atoms with E-state index in [4.69, 9.17) is 27.9 Å². The molecule has 0 saturated heterocycles. The van der Waals surface area contributed by atoms with Crippen molar-refractivity contribution in [2.24, 2.45) is 0 Å². The molecule has 2 aliphatic rings. The molecule has 0 amide bonds. The van der Waals surface area contributed by atoms with E-state index in [2.05, 4.69) is 5.32 Å². The molecule has 4 nitrogen and oxygen atoms in total. The fourth-order valence-corrected chi connectivity index (χ4v) is 3.93. The predicted octanol–water partition coefficient (Wildman–Crippen LogP) is 2.57. The summed E-state index contributed by atoms with van der Waals surface area (Å²) in [7, 11) is 0. The molecule has 0 saturated carbocycles. The summed E-state index contributed by atoms with van der Waals surface area (Å²) < 4.78 is 19.6. The number of fused-ring (bicyclic) bond motifs is 5. The minimum Gasteiger partial charge on any atom is -0.548 e. The van der Waals surface area contributed by atoms with Crippen molar-refractivity contribution in [3.63, 3.8) is 0 Å². The van der Waals surface area contributed by atoms with E-state index in [9.17, 15) is 14.3 Å². The fourth-order valence-electron chi connectivity index (χ4n) is 3.32. The van der Waals surface area contributed by atoms with Crippen LogP contribution in [0.15, 0.2) is 30.3 Å². The molecule has 23 heavy (non-hydrogen) atoms. The lowest BCUT2D eigenvalue weighted by molar-refractivity contribution is -0.308. The standard InChI is InChI=1S/C16H10Cl2FNO3/c17-6-4-8(18)12-10(5-6)20-13(16(21)22)15-11(12)7-2-1-3-9(19)14(7)23-15/h1-5,11,13,15,20H,(H,21,22)/p-1. The Morgan fingerprint density at radius 2 is 2.09 bits per heavy atom. The van der Waals surface area contributed by atoms with Crippen LogP contribution in [0.1, 0.15) is 17.0 Å². The highest BCUT2D eigenvalue weighted by atomic mass is 35.5. The van der Waals surface area contributed by atoms with Crippen molar-refractivity contribution in [1.29, 1.82) is 0 Å². The van der Waals surface area contributed by atoms with Crippen LogP contribution >= 0.6 is 23.2 Å². The number of para-hydroxylation sites is 1. The van der Waals surface area contributed by atoms with E-state index in [1.165, 1.54) is 6.07 Å². The number of carbonyl (C=O) groups excluding carboxylic acids is 1. The normalized spacial score (nSPS) is 24.0. The second-order valence-corrected chi connectivity index (χ2v) is 6.35. The molecule has 3 atom stereocenters. The molecule has 0 bridgehead atoms. The third-order valence-corrected chi connectivity index (χ3v) is 4.74. The molecule has 3 unspecified atom stereocenters. The van der Waals surface area contributed by atoms with E-state index in [0.29, 0.717) is 26.9 Å². The molecule has 7 heteroatoms. The Balaban J connectivity index is 1.98. The first-order chi connectivity index (χ1) is 11.0. The number of carboxylic acid groups (broad SMARTS) is 1. The first-order valence-electron chi connectivity index (χ1n) is 6.89. The van der Waals surface area contributed by atoms with Crippen LogP contribution in [0.3, 0.4) is 0 Å². The van der Waals surface area contributed by atoms with Gasteiger partial charge in [0.15, 0.2) is 11.6 Å². The van der Waals surface area contributed by atoms with E-state index < -0.39 is 29.9 Å². The molecule has 0 aliphatic carbocycles. The highest BCUT2D eigenvalue weighted by molar-refractivity contribution is 6.35. The second-order valence-electron chi connectivity index (χ2n) is 5.51. The Morgan fingerprint density at radius 1 is 1.30 bits per heavy atom. The van der Waals surface area contributed by atoms with Gasteiger partial charge in [0.05, 0.1) is 11.9 Å². The van der Waals surface area contributed by atoms with Crippen molar-refractivity contribution in [2.45, 2.75) is 18.1 Å². The van der Waals surface area contributed by atoms with Crippen LogP contribution in [0.5, 0.6) is 5.75 Å². The topological polar surface area (TPSA) is 61.4 Å². The van der Waals surface area contributed by atoms with Gasteiger partial charge in [0.1, 0.15) is 12.1 Å². The average molecular weight is 353 g/mol. The Bertz CT molecular complexity index is 842. The molecular formula is C16H9Cl2FNO3-. The van der Waals surface area contributed by atoms with Crippen LogP contribution in [0.25, 0.3) is 0 Å². The van der Waals surface area contributed by atoms with Gasteiger partial charge in [0, 0.05) is 26.9 Å². The maximum absolute atomic E-state index is 14.0. The molecular weight excluding hydrogens is 344 g/mol. The minimum absolute atomic E-state index is 0.0504. The number of benzene rings is 2. The summed E-state index contributed by atoms with van der Waals surface area (Å²) in [5.41, 5.74) is 1.69. The summed E-state index contributed by atoms with van der Waals surface area (Å²) in [6.07, 6.45) is -0.849. The lowest BCUT2D eigenvalue weighted by Gasteiger charge is -2.37. The Hall–Kier alpha value is -1.98. The van der Waals surface area contributed by atoms with Gasteiger partial charge in [-0.15, -0.1) is 0 Å². The number of rotatable bonds is 1. The lowest BCUT2D eigenvalue weighted by atomic mass is 9.81. The third-order valence-electron chi connectivity index (χ3n) is 4.21. The third kappa shape index (κ3) is 2.07. The van der Waals surface area contributed by atoms with Gasteiger partial charge in [-0.1, -0.05) is 35.3 Å². The molecule has 0 fully saturated rings.